The highest BCUT2D eigenvalue weighted by molar-refractivity contribution is 5.84. The summed E-state index contributed by atoms with van der Waals surface area (Å²) in [6, 6.07) is 10.0. The van der Waals surface area contributed by atoms with Gasteiger partial charge in [-0.25, -0.2) is 5.06 Å². The number of rotatable bonds is 3. The number of hydrogen-bond acceptors (Lipinski definition) is 2. The van der Waals surface area contributed by atoms with E-state index in [2.05, 4.69) is 0 Å². The van der Waals surface area contributed by atoms with Crippen LogP contribution in [0.2, 0.25) is 0 Å². The van der Waals surface area contributed by atoms with Gasteiger partial charge in [0.1, 0.15) is 6.61 Å². The molecule has 0 saturated carbocycles. The van der Waals surface area contributed by atoms with Crippen LogP contribution in [0.5, 0.6) is 0 Å². The number of nitrogens with zero attached hydrogens (tertiary/aromatic N) is 1. The van der Waals surface area contributed by atoms with E-state index in [0.29, 0.717) is 6.61 Å². The molecule has 1 amide bonds. The van der Waals surface area contributed by atoms with E-state index in [4.69, 9.17) is 4.84 Å². The number of carbonyl (C=O) groups is 1. The second-order valence-corrected chi connectivity index (χ2v) is 3.95. The van der Waals surface area contributed by atoms with Gasteiger partial charge in [-0.2, -0.15) is 0 Å². The van der Waals surface area contributed by atoms with E-state index in [0.717, 1.165) is 5.56 Å². The zero-order chi connectivity index (χ0) is 10.8. The van der Waals surface area contributed by atoms with E-state index in [1.807, 2.05) is 44.2 Å². The van der Waals surface area contributed by atoms with Gasteiger partial charge < -0.3 is 0 Å². The summed E-state index contributed by atoms with van der Waals surface area (Å²) < 4.78 is 0. The van der Waals surface area contributed by atoms with Gasteiger partial charge in [0.15, 0.2) is 0 Å². The van der Waals surface area contributed by atoms with Crippen LogP contribution in [-0.2, 0) is 16.2 Å². The molecule has 1 aromatic rings. The molecule has 1 fully saturated rings. The smallest absolute Gasteiger partial charge is 0.251 e. The normalized spacial score (nSPS) is 25.2. The van der Waals surface area contributed by atoms with Gasteiger partial charge in [0.2, 0.25) is 0 Å². The maximum atomic E-state index is 11.4. The fourth-order valence-corrected chi connectivity index (χ4v) is 1.63. The van der Waals surface area contributed by atoms with Crippen LogP contribution in [0.4, 0.5) is 0 Å². The van der Waals surface area contributed by atoms with E-state index >= 15 is 0 Å². The summed E-state index contributed by atoms with van der Waals surface area (Å²) in [6.45, 7) is 4.38. The summed E-state index contributed by atoms with van der Waals surface area (Å²) in [6.07, 6.45) is 0. The van der Waals surface area contributed by atoms with Crippen LogP contribution in [0.1, 0.15) is 19.4 Å². The molecule has 3 nitrogen and oxygen atoms in total. The Morgan fingerprint density at radius 2 is 1.93 bits per heavy atom. The molecule has 0 aliphatic carbocycles. The molecular weight excluding hydrogens is 190 g/mol. The van der Waals surface area contributed by atoms with Crippen molar-refractivity contribution >= 4 is 5.91 Å². The van der Waals surface area contributed by atoms with Gasteiger partial charge in [0.05, 0.1) is 12.0 Å². The lowest BCUT2D eigenvalue weighted by Crippen LogP contribution is -2.57. The molecule has 2 rings (SSSR count). The second kappa shape index (κ2) is 4.03. The van der Waals surface area contributed by atoms with Crippen LogP contribution in [-0.4, -0.2) is 17.0 Å². The van der Waals surface area contributed by atoms with Crippen LogP contribution in [0.25, 0.3) is 0 Å². The van der Waals surface area contributed by atoms with Crippen molar-refractivity contribution in [1.29, 1.82) is 0 Å². The first kappa shape index (κ1) is 10.2. The summed E-state index contributed by atoms with van der Waals surface area (Å²) in [5.74, 6) is 0.180. The third kappa shape index (κ3) is 1.88. The largest absolute Gasteiger partial charge is 0.272 e. The van der Waals surface area contributed by atoms with Gasteiger partial charge in [-0.3, -0.25) is 9.63 Å². The summed E-state index contributed by atoms with van der Waals surface area (Å²) >= 11 is 0. The Balaban J connectivity index is 1.87. The second-order valence-electron chi connectivity index (χ2n) is 3.95. The predicted octanol–water partition coefficient (Wildman–Crippen LogP) is 1.98. The number of hydrogen-bond donors (Lipinski definition) is 0. The summed E-state index contributed by atoms with van der Waals surface area (Å²) in [5, 5.41) is 1.47. The molecule has 0 unspecified atom stereocenters. The molecule has 0 aromatic heterocycles. The first-order chi connectivity index (χ1) is 7.20. The third-order valence-corrected chi connectivity index (χ3v) is 2.91. The molecule has 2 atom stereocenters. The van der Waals surface area contributed by atoms with E-state index < -0.39 is 0 Å². The van der Waals surface area contributed by atoms with Gasteiger partial charge >= 0.3 is 0 Å². The van der Waals surface area contributed by atoms with E-state index in [1.54, 1.807) is 0 Å². The topological polar surface area (TPSA) is 29.5 Å². The maximum Gasteiger partial charge on any atom is 0.251 e. The number of amides is 1. The molecule has 0 N–H and O–H groups in total. The lowest BCUT2D eigenvalue weighted by molar-refractivity contribution is -0.243. The molecule has 1 aliphatic rings. The quantitative estimate of drug-likeness (QED) is 0.706. The fourth-order valence-electron chi connectivity index (χ4n) is 1.63. The SMILES string of the molecule is C[C@@H]1[C@@H](C)C(=O)N1OCc1ccccc1. The van der Waals surface area contributed by atoms with E-state index in [-0.39, 0.29) is 17.9 Å². The van der Waals surface area contributed by atoms with Crippen LogP contribution < -0.4 is 0 Å². The molecular formula is C12H15NO2. The van der Waals surface area contributed by atoms with Gasteiger partial charge in [0.25, 0.3) is 5.91 Å². The average molecular weight is 205 g/mol. The van der Waals surface area contributed by atoms with Gasteiger partial charge in [-0.05, 0) is 12.5 Å². The fraction of sp³-hybridized carbons (Fsp3) is 0.417. The van der Waals surface area contributed by atoms with E-state index in [1.165, 1.54) is 5.06 Å². The minimum absolute atomic E-state index is 0.0819. The highest BCUT2D eigenvalue weighted by atomic mass is 16.7. The zero-order valence-corrected chi connectivity index (χ0v) is 9.01. The molecule has 1 saturated heterocycles. The summed E-state index contributed by atoms with van der Waals surface area (Å²) in [7, 11) is 0. The van der Waals surface area contributed by atoms with Crippen molar-refractivity contribution in [2.45, 2.75) is 26.5 Å². The predicted molar refractivity (Wildman–Crippen MR) is 56.7 cm³/mol. The van der Waals surface area contributed by atoms with Gasteiger partial charge in [-0.1, -0.05) is 37.3 Å². The Morgan fingerprint density at radius 3 is 2.53 bits per heavy atom. The van der Waals surface area contributed by atoms with Crippen molar-refractivity contribution in [3.63, 3.8) is 0 Å². The van der Waals surface area contributed by atoms with Crippen molar-refractivity contribution in [2.75, 3.05) is 0 Å². The third-order valence-electron chi connectivity index (χ3n) is 2.91. The van der Waals surface area contributed by atoms with Crippen molar-refractivity contribution in [1.82, 2.24) is 5.06 Å². The van der Waals surface area contributed by atoms with Crippen LogP contribution in [0.15, 0.2) is 30.3 Å². The van der Waals surface area contributed by atoms with E-state index in [9.17, 15) is 4.79 Å². The Labute approximate surface area is 89.6 Å². The van der Waals surface area contributed by atoms with Crippen LogP contribution in [0, 0.1) is 5.92 Å². The highest BCUT2D eigenvalue weighted by Gasteiger charge is 2.42. The molecule has 0 spiro atoms. The standard InChI is InChI=1S/C12H15NO2/c1-9-10(2)13(12(9)14)15-8-11-6-4-3-5-7-11/h3-7,9-10H,8H2,1-2H3/t9-,10-/m1/s1. The first-order valence-corrected chi connectivity index (χ1v) is 5.20. The Morgan fingerprint density at radius 1 is 1.27 bits per heavy atom. The lowest BCUT2D eigenvalue weighted by Gasteiger charge is -2.42. The van der Waals surface area contributed by atoms with Gasteiger partial charge in [0, 0.05) is 0 Å². The minimum atomic E-state index is 0.0819. The van der Waals surface area contributed by atoms with Crippen molar-refractivity contribution in [3.8, 4) is 0 Å². The average Bonchev–Trinajstić information content (AvgIpc) is 2.30. The molecule has 3 heteroatoms. The molecule has 1 heterocycles. The van der Waals surface area contributed by atoms with Crippen molar-refractivity contribution in [3.05, 3.63) is 35.9 Å². The molecule has 0 bridgehead atoms. The van der Waals surface area contributed by atoms with Crippen molar-refractivity contribution in [2.24, 2.45) is 5.92 Å². The number of β-lactam (4-membered cyclic amide) rings is 1. The number of benzene rings is 1. The maximum absolute atomic E-state index is 11.4. The summed E-state index contributed by atoms with van der Waals surface area (Å²) in [4.78, 5) is 16.8. The van der Waals surface area contributed by atoms with Crippen LogP contribution in [0.3, 0.4) is 0 Å². The lowest BCUT2D eigenvalue weighted by atomic mass is 9.94. The number of hydroxylamine groups is 2. The summed E-state index contributed by atoms with van der Waals surface area (Å²) in [5.41, 5.74) is 1.08. The zero-order valence-electron chi connectivity index (χ0n) is 9.01. The van der Waals surface area contributed by atoms with Gasteiger partial charge in [-0.15, -0.1) is 0 Å². The Bertz CT molecular complexity index is 350. The Hall–Kier alpha value is -1.35. The van der Waals surface area contributed by atoms with Crippen molar-refractivity contribution < 1.29 is 9.63 Å². The molecule has 80 valence electrons. The molecule has 15 heavy (non-hydrogen) atoms. The molecule has 1 aromatic carbocycles. The number of carbonyl (C=O) groups excluding carboxylic acids is 1. The molecule has 0 radical (unpaired) electrons. The van der Waals surface area contributed by atoms with Crippen LogP contribution >= 0.6 is 0 Å². The monoisotopic (exact) mass is 205 g/mol. The molecule has 1 aliphatic heterocycles. The highest BCUT2D eigenvalue weighted by Crippen LogP contribution is 2.26. The minimum Gasteiger partial charge on any atom is -0.272 e. The first-order valence-electron chi connectivity index (χ1n) is 5.20. The Kier molecular flexibility index (Phi) is 2.73.